The number of thiazole rings is 1. The fourth-order valence-corrected chi connectivity index (χ4v) is 3.76. The molecule has 0 unspecified atom stereocenters. The van der Waals surface area contributed by atoms with E-state index in [2.05, 4.69) is 4.99 Å². The Morgan fingerprint density at radius 3 is 2.63 bits per heavy atom. The third-order valence-corrected chi connectivity index (χ3v) is 4.97. The summed E-state index contributed by atoms with van der Waals surface area (Å²) in [6.07, 6.45) is 0. The number of ether oxygens (including phenoxy) is 2. The normalized spacial score (nSPS) is 11.9. The van der Waals surface area contributed by atoms with Crippen LogP contribution in [0.3, 0.4) is 0 Å². The van der Waals surface area contributed by atoms with Crippen LogP contribution in [0, 0.1) is 5.82 Å². The topological polar surface area (TPSA) is 52.8 Å². The van der Waals surface area contributed by atoms with Crippen LogP contribution in [0.1, 0.15) is 24.2 Å². The Balaban J connectivity index is 1.99. The molecule has 0 radical (unpaired) electrons. The molecular weight excluding hydrogens is 367 g/mol. The predicted octanol–water partition coefficient (Wildman–Crippen LogP) is 4.02. The minimum atomic E-state index is -0.379. The van der Waals surface area contributed by atoms with Crippen LogP contribution in [0.25, 0.3) is 10.2 Å². The highest BCUT2D eigenvalue weighted by Crippen LogP contribution is 2.20. The number of hydrogen-bond donors (Lipinski definition) is 0. The van der Waals surface area contributed by atoms with Crippen molar-refractivity contribution in [3.05, 3.63) is 58.6 Å². The van der Waals surface area contributed by atoms with Crippen molar-refractivity contribution in [3.63, 3.8) is 0 Å². The van der Waals surface area contributed by atoms with E-state index in [0.29, 0.717) is 48.0 Å². The first-order chi connectivity index (χ1) is 13.1. The monoisotopic (exact) mass is 388 g/mol. The van der Waals surface area contributed by atoms with Gasteiger partial charge in [-0.15, -0.1) is 0 Å². The SMILES string of the molecule is CCOCCn1c(=NC(=O)c2ccc(OCC)cc2)sc2cccc(F)c21. The fourth-order valence-electron chi connectivity index (χ4n) is 2.69. The van der Waals surface area contributed by atoms with E-state index >= 15 is 0 Å². The summed E-state index contributed by atoms with van der Waals surface area (Å²) in [6, 6.07) is 11.7. The molecule has 0 aliphatic rings. The lowest BCUT2D eigenvalue weighted by Gasteiger charge is -2.06. The van der Waals surface area contributed by atoms with Crippen LogP contribution in [0.4, 0.5) is 4.39 Å². The van der Waals surface area contributed by atoms with Crippen LogP contribution < -0.4 is 9.54 Å². The van der Waals surface area contributed by atoms with Crippen molar-refractivity contribution in [2.75, 3.05) is 19.8 Å². The van der Waals surface area contributed by atoms with E-state index < -0.39 is 0 Å². The molecule has 0 aliphatic carbocycles. The van der Waals surface area contributed by atoms with Crippen molar-refractivity contribution in [2.45, 2.75) is 20.4 Å². The lowest BCUT2D eigenvalue weighted by molar-refractivity contribution is 0.0996. The molecule has 0 saturated carbocycles. The van der Waals surface area contributed by atoms with Gasteiger partial charge in [-0.1, -0.05) is 17.4 Å². The van der Waals surface area contributed by atoms with E-state index in [4.69, 9.17) is 9.47 Å². The molecule has 0 saturated heterocycles. The minimum absolute atomic E-state index is 0.338. The van der Waals surface area contributed by atoms with Crippen molar-refractivity contribution in [3.8, 4) is 5.75 Å². The quantitative estimate of drug-likeness (QED) is 0.575. The van der Waals surface area contributed by atoms with Crippen LogP contribution in [0.15, 0.2) is 47.5 Å². The fraction of sp³-hybridized carbons (Fsp3) is 0.300. The van der Waals surface area contributed by atoms with Gasteiger partial charge in [-0.25, -0.2) is 4.39 Å². The van der Waals surface area contributed by atoms with Crippen LogP contribution in [0.5, 0.6) is 5.75 Å². The molecule has 0 bridgehead atoms. The highest BCUT2D eigenvalue weighted by atomic mass is 32.1. The number of hydrogen-bond acceptors (Lipinski definition) is 4. The summed E-state index contributed by atoms with van der Waals surface area (Å²) in [5, 5.41) is 0. The van der Waals surface area contributed by atoms with Crippen molar-refractivity contribution < 1.29 is 18.7 Å². The Morgan fingerprint density at radius 2 is 1.93 bits per heavy atom. The first-order valence-corrected chi connectivity index (χ1v) is 9.63. The number of nitrogens with zero attached hydrogens (tertiary/aromatic N) is 2. The van der Waals surface area contributed by atoms with Gasteiger partial charge in [-0.2, -0.15) is 4.99 Å². The van der Waals surface area contributed by atoms with Gasteiger partial charge in [0.25, 0.3) is 5.91 Å². The highest BCUT2D eigenvalue weighted by Gasteiger charge is 2.12. The molecule has 0 fully saturated rings. The third kappa shape index (κ3) is 4.43. The summed E-state index contributed by atoms with van der Waals surface area (Å²) in [5.74, 6) is -0.0184. The number of amides is 1. The molecule has 1 amide bonds. The summed E-state index contributed by atoms with van der Waals surface area (Å²) < 4.78 is 27.6. The molecule has 1 aromatic heterocycles. The smallest absolute Gasteiger partial charge is 0.279 e. The molecule has 0 aliphatic heterocycles. The molecule has 27 heavy (non-hydrogen) atoms. The summed E-state index contributed by atoms with van der Waals surface area (Å²) >= 11 is 1.29. The number of rotatable bonds is 7. The van der Waals surface area contributed by atoms with E-state index in [9.17, 15) is 9.18 Å². The Hall–Kier alpha value is -2.51. The van der Waals surface area contributed by atoms with Gasteiger partial charge in [-0.05, 0) is 50.2 Å². The maximum absolute atomic E-state index is 14.4. The Kier molecular flexibility index (Phi) is 6.36. The molecule has 0 spiro atoms. The minimum Gasteiger partial charge on any atom is -0.494 e. The van der Waals surface area contributed by atoms with Gasteiger partial charge in [0.1, 0.15) is 11.6 Å². The van der Waals surface area contributed by atoms with E-state index in [0.717, 1.165) is 4.70 Å². The number of fused-ring (bicyclic) bond motifs is 1. The van der Waals surface area contributed by atoms with E-state index in [1.165, 1.54) is 17.4 Å². The summed E-state index contributed by atoms with van der Waals surface area (Å²) in [5.41, 5.74) is 0.896. The van der Waals surface area contributed by atoms with Crippen LogP contribution in [0.2, 0.25) is 0 Å². The van der Waals surface area contributed by atoms with Gasteiger partial charge in [0.2, 0.25) is 0 Å². The lowest BCUT2D eigenvalue weighted by Crippen LogP contribution is -2.20. The number of carbonyl (C=O) groups is 1. The molecule has 0 atom stereocenters. The standard InChI is InChI=1S/C20H21FN2O3S/c1-3-25-13-12-23-18-16(21)6-5-7-17(18)27-20(23)22-19(24)14-8-10-15(11-9-14)26-4-2/h5-11H,3-4,12-13H2,1-2H3. The molecule has 3 rings (SSSR count). The van der Waals surface area contributed by atoms with Gasteiger partial charge in [0.05, 0.1) is 23.4 Å². The van der Waals surface area contributed by atoms with Crippen molar-refractivity contribution in [1.82, 2.24) is 4.57 Å². The Bertz CT molecular complexity index is 993. The molecule has 1 heterocycles. The number of aromatic nitrogens is 1. The van der Waals surface area contributed by atoms with E-state index in [1.54, 1.807) is 34.9 Å². The summed E-state index contributed by atoms with van der Waals surface area (Å²) in [7, 11) is 0. The third-order valence-electron chi connectivity index (χ3n) is 3.92. The average Bonchev–Trinajstić information content (AvgIpc) is 3.01. The highest BCUT2D eigenvalue weighted by molar-refractivity contribution is 7.16. The number of carbonyl (C=O) groups excluding carboxylic acids is 1. The molecule has 3 aromatic rings. The van der Waals surface area contributed by atoms with Crippen LogP contribution in [-0.2, 0) is 11.3 Å². The maximum Gasteiger partial charge on any atom is 0.279 e. The summed E-state index contributed by atoms with van der Waals surface area (Å²) in [4.78, 5) is 17.3. The zero-order valence-electron chi connectivity index (χ0n) is 15.3. The molecular formula is C20H21FN2O3S. The van der Waals surface area contributed by atoms with Gasteiger partial charge >= 0.3 is 0 Å². The zero-order valence-corrected chi connectivity index (χ0v) is 16.1. The average molecular weight is 388 g/mol. The maximum atomic E-state index is 14.4. The van der Waals surface area contributed by atoms with Crippen molar-refractivity contribution in [2.24, 2.45) is 4.99 Å². The van der Waals surface area contributed by atoms with Crippen LogP contribution in [-0.4, -0.2) is 30.3 Å². The van der Waals surface area contributed by atoms with E-state index in [1.807, 2.05) is 19.9 Å². The zero-order chi connectivity index (χ0) is 19.2. The predicted molar refractivity (Wildman–Crippen MR) is 104 cm³/mol. The summed E-state index contributed by atoms with van der Waals surface area (Å²) in [6.45, 7) is 5.77. The first kappa shape index (κ1) is 19.3. The Morgan fingerprint density at radius 1 is 1.15 bits per heavy atom. The molecule has 142 valence electrons. The molecule has 2 aromatic carbocycles. The number of halogens is 1. The van der Waals surface area contributed by atoms with Gasteiger partial charge in [0.15, 0.2) is 4.80 Å². The van der Waals surface area contributed by atoms with Crippen molar-refractivity contribution >= 4 is 27.5 Å². The van der Waals surface area contributed by atoms with E-state index in [-0.39, 0.29) is 11.7 Å². The Labute approximate surface area is 160 Å². The lowest BCUT2D eigenvalue weighted by atomic mass is 10.2. The second-order valence-electron chi connectivity index (χ2n) is 5.69. The molecule has 5 nitrogen and oxygen atoms in total. The van der Waals surface area contributed by atoms with Gasteiger partial charge in [0, 0.05) is 18.7 Å². The number of benzene rings is 2. The van der Waals surface area contributed by atoms with Crippen molar-refractivity contribution in [1.29, 1.82) is 0 Å². The molecule has 7 heteroatoms. The molecule has 0 N–H and O–H groups in total. The number of para-hydroxylation sites is 1. The first-order valence-electron chi connectivity index (χ1n) is 8.81. The van der Waals surface area contributed by atoms with Crippen LogP contribution >= 0.6 is 11.3 Å². The van der Waals surface area contributed by atoms with Gasteiger partial charge in [-0.3, -0.25) is 4.79 Å². The van der Waals surface area contributed by atoms with Gasteiger partial charge < -0.3 is 14.0 Å². The largest absolute Gasteiger partial charge is 0.494 e. The second kappa shape index (κ2) is 8.92. The second-order valence-corrected chi connectivity index (χ2v) is 6.70.